The van der Waals surface area contributed by atoms with E-state index in [1.165, 1.54) is 24.1 Å². The van der Waals surface area contributed by atoms with Gasteiger partial charge in [0, 0.05) is 30.0 Å². The summed E-state index contributed by atoms with van der Waals surface area (Å²) in [4.78, 5) is 28.4. The first-order chi connectivity index (χ1) is 17.9. The van der Waals surface area contributed by atoms with Crippen molar-refractivity contribution in [2.75, 3.05) is 6.61 Å². The van der Waals surface area contributed by atoms with Gasteiger partial charge in [0.1, 0.15) is 18.2 Å². The summed E-state index contributed by atoms with van der Waals surface area (Å²) < 4.78 is 34.1. The van der Waals surface area contributed by atoms with Crippen molar-refractivity contribution in [2.45, 2.75) is 57.0 Å². The lowest BCUT2D eigenvalue weighted by Gasteiger charge is -2.47. The van der Waals surface area contributed by atoms with Crippen molar-refractivity contribution in [1.29, 1.82) is 0 Å². The van der Waals surface area contributed by atoms with E-state index in [9.17, 15) is 18.4 Å². The van der Waals surface area contributed by atoms with Gasteiger partial charge in [-0.2, -0.15) is 0 Å². The van der Waals surface area contributed by atoms with Gasteiger partial charge < -0.3 is 9.64 Å². The van der Waals surface area contributed by atoms with Crippen molar-refractivity contribution in [3.8, 4) is 11.1 Å². The summed E-state index contributed by atoms with van der Waals surface area (Å²) >= 11 is 0. The van der Waals surface area contributed by atoms with E-state index in [2.05, 4.69) is 24.3 Å². The number of ketones is 1. The Morgan fingerprint density at radius 2 is 1.49 bits per heavy atom. The fourth-order valence-electron chi connectivity index (χ4n) is 6.63. The first kappa shape index (κ1) is 23.8. The van der Waals surface area contributed by atoms with E-state index in [4.69, 9.17) is 4.74 Å². The molecule has 3 aliphatic rings. The van der Waals surface area contributed by atoms with Crippen LogP contribution in [-0.4, -0.2) is 35.5 Å². The minimum absolute atomic E-state index is 0.0139. The van der Waals surface area contributed by atoms with Crippen LogP contribution in [0.2, 0.25) is 0 Å². The number of piperidine rings is 2. The zero-order chi connectivity index (χ0) is 25.7. The van der Waals surface area contributed by atoms with Crippen molar-refractivity contribution in [1.82, 2.24) is 4.90 Å². The van der Waals surface area contributed by atoms with Gasteiger partial charge in [0.2, 0.25) is 0 Å². The number of Topliss-reactive ketones (excluding diaryl/α,β-unsaturated/α-hetero) is 1. The van der Waals surface area contributed by atoms with E-state index >= 15 is 0 Å². The number of hydrogen-bond donors (Lipinski definition) is 0. The Hall–Kier alpha value is -3.54. The predicted molar refractivity (Wildman–Crippen MR) is 136 cm³/mol. The molecule has 0 radical (unpaired) electrons. The number of carbonyl (C=O) groups excluding carboxylic acids is 2. The molecular formula is C31H29F2NO3. The highest BCUT2D eigenvalue weighted by molar-refractivity contribution is 5.98. The number of aryl methyl sites for hydroxylation is 1. The molecule has 2 saturated heterocycles. The van der Waals surface area contributed by atoms with Gasteiger partial charge in [-0.15, -0.1) is 0 Å². The van der Waals surface area contributed by atoms with Gasteiger partial charge >= 0.3 is 6.09 Å². The first-order valence-corrected chi connectivity index (χ1v) is 13.1. The van der Waals surface area contributed by atoms with E-state index < -0.39 is 17.6 Å². The highest BCUT2D eigenvalue weighted by Gasteiger charge is 2.44. The minimum atomic E-state index is -0.822. The predicted octanol–water partition coefficient (Wildman–Crippen LogP) is 7.04. The van der Waals surface area contributed by atoms with Gasteiger partial charge in [-0.1, -0.05) is 48.5 Å². The van der Waals surface area contributed by atoms with Crippen molar-refractivity contribution >= 4 is 11.9 Å². The third-order valence-corrected chi connectivity index (χ3v) is 8.41. The van der Waals surface area contributed by atoms with E-state index in [-0.39, 0.29) is 47.6 Å². The molecule has 2 aliphatic heterocycles. The van der Waals surface area contributed by atoms with Gasteiger partial charge in [0.15, 0.2) is 5.78 Å². The third-order valence-electron chi connectivity index (χ3n) is 8.41. The molecule has 1 aliphatic carbocycles. The minimum Gasteiger partial charge on any atom is -0.448 e. The topological polar surface area (TPSA) is 46.6 Å². The summed E-state index contributed by atoms with van der Waals surface area (Å²) in [5, 5.41) is 0. The molecule has 2 unspecified atom stereocenters. The quantitative estimate of drug-likeness (QED) is 0.360. The maximum absolute atomic E-state index is 14.4. The Labute approximate surface area is 215 Å². The number of carbonyl (C=O) groups is 2. The number of nitrogens with zero attached hydrogens (tertiary/aromatic N) is 1. The molecule has 0 saturated carbocycles. The van der Waals surface area contributed by atoms with Gasteiger partial charge in [0.25, 0.3) is 0 Å². The summed E-state index contributed by atoms with van der Waals surface area (Å²) in [5.74, 6) is -2.19. The molecule has 0 spiro atoms. The molecule has 6 rings (SSSR count). The van der Waals surface area contributed by atoms with Crippen LogP contribution in [0.25, 0.3) is 11.1 Å². The number of rotatable bonds is 4. The molecule has 3 aromatic carbocycles. The zero-order valence-corrected chi connectivity index (χ0v) is 20.8. The zero-order valence-electron chi connectivity index (χ0n) is 20.8. The molecule has 37 heavy (non-hydrogen) atoms. The van der Waals surface area contributed by atoms with Gasteiger partial charge in [0.05, 0.1) is 5.56 Å². The van der Waals surface area contributed by atoms with Gasteiger partial charge in [-0.25, -0.2) is 13.6 Å². The Kier molecular flexibility index (Phi) is 6.06. The number of benzene rings is 3. The standard InChI is InChI=1S/C31H29F2NO3/c1-18-13-26(29(33)16-28(18)32)30(35)19-14-20-7-6-8-21(15-19)34(20)31(36)37-17-27-24-11-4-2-9-22(24)23-10-3-5-12-25(23)27/h2-5,9-13,16,19-21,27H,6-8,14-15,17H2,1H3. The second-order valence-corrected chi connectivity index (χ2v) is 10.6. The third kappa shape index (κ3) is 4.12. The van der Waals surface area contributed by atoms with E-state index in [0.29, 0.717) is 12.8 Å². The van der Waals surface area contributed by atoms with Crippen molar-refractivity contribution < 1.29 is 23.1 Å². The van der Waals surface area contributed by atoms with Crippen molar-refractivity contribution in [3.63, 3.8) is 0 Å². The average molecular weight is 502 g/mol. The second kappa shape index (κ2) is 9.40. The molecule has 2 bridgehead atoms. The Morgan fingerprint density at radius 3 is 2.11 bits per heavy atom. The summed E-state index contributed by atoms with van der Waals surface area (Å²) in [6.07, 6.45) is 3.15. The fraction of sp³-hybridized carbons (Fsp3) is 0.355. The molecule has 0 aromatic heterocycles. The molecule has 2 atom stereocenters. The maximum atomic E-state index is 14.4. The number of amides is 1. The van der Waals surface area contributed by atoms with Crippen LogP contribution in [0.4, 0.5) is 13.6 Å². The lowest BCUT2D eigenvalue weighted by molar-refractivity contribution is 0.00641. The molecule has 6 heteroatoms. The molecule has 3 aromatic rings. The van der Waals surface area contributed by atoms with E-state index in [1.54, 1.807) is 0 Å². The first-order valence-electron chi connectivity index (χ1n) is 13.1. The number of halogens is 2. The summed E-state index contributed by atoms with van der Waals surface area (Å²) in [7, 11) is 0. The molecule has 2 fully saturated rings. The van der Waals surface area contributed by atoms with Crippen LogP contribution in [0.3, 0.4) is 0 Å². The van der Waals surface area contributed by atoms with E-state index in [1.807, 2.05) is 29.2 Å². The molecule has 1 amide bonds. The molecular weight excluding hydrogens is 472 g/mol. The highest BCUT2D eigenvalue weighted by atomic mass is 19.1. The van der Waals surface area contributed by atoms with Crippen LogP contribution >= 0.6 is 0 Å². The largest absolute Gasteiger partial charge is 0.448 e. The van der Waals surface area contributed by atoms with Crippen LogP contribution in [0, 0.1) is 24.5 Å². The molecule has 190 valence electrons. The Bertz CT molecular complexity index is 1330. The number of ether oxygens (including phenoxy) is 1. The lowest BCUT2D eigenvalue weighted by Crippen LogP contribution is -2.56. The Morgan fingerprint density at radius 1 is 0.892 bits per heavy atom. The molecule has 4 nitrogen and oxygen atoms in total. The lowest BCUT2D eigenvalue weighted by atomic mass is 9.75. The smallest absolute Gasteiger partial charge is 0.410 e. The SMILES string of the molecule is Cc1cc(C(=O)C2CC3CCCC(C2)N3C(=O)OCC2c3ccccc3-c3ccccc32)c(F)cc1F. The van der Waals surface area contributed by atoms with Crippen molar-refractivity contribution in [3.05, 3.63) is 94.6 Å². The summed E-state index contributed by atoms with van der Waals surface area (Å²) in [6, 6.07) is 18.3. The normalized spacial score (nSPS) is 22.4. The van der Waals surface area contributed by atoms with Crippen LogP contribution in [0.15, 0.2) is 60.7 Å². The average Bonchev–Trinajstić information content (AvgIpc) is 3.22. The fourth-order valence-corrected chi connectivity index (χ4v) is 6.63. The van der Waals surface area contributed by atoms with Crippen LogP contribution in [-0.2, 0) is 4.74 Å². The maximum Gasteiger partial charge on any atom is 0.410 e. The van der Waals surface area contributed by atoms with Crippen LogP contribution in [0.1, 0.15) is 65.1 Å². The number of fused-ring (bicyclic) bond motifs is 5. The van der Waals surface area contributed by atoms with E-state index in [0.717, 1.165) is 36.5 Å². The summed E-state index contributed by atoms with van der Waals surface area (Å²) in [6.45, 7) is 1.78. The van der Waals surface area contributed by atoms with Crippen molar-refractivity contribution in [2.24, 2.45) is 5.92 Å². The molecule has 2 heterocycles. The summed E-state index contributed by atoms with van der Waals surface area (Å²) in [5.41, 5.74) is 4.88. The molecule has 0 N–H and O–H groups in total. The second-order valence-electron chi connectivity index (χ2n) is 10.6. The Balaban J connectivity index is 1.17. The number of hydrogen-bond acceptors (Lipinski definition) is 3. The van der Waals surface area contributed by atoms with Crippen LogP contribution in [0.5, 0.6) is 0 Å². The van der Waals surface area contributed by atoms with Gasteiger partial charge in [-0.05, 0) is 72.9 Å². The van der Waals surface area contributed by atoms with Gasteiger partial charge in [-0.3, -0.25) is 4.79 Å². The van der Waals surface area contributed by atoms with Crippen LogP contribution < -0.4 is 0 Å². The highest BCUT2D eigenvalue weighted by Crippen LogP contribution is 2.45. The monoisotopic (exact) mass is 501 g/mol.